The number of rotatable bonds is 2. The van der Waals surface area contributed by atoms with Crippen molar-refractivity contribution in [2.75, 3.05) is 0 Å². The smallest absolute Gasteiger partial charge is 0.215 e. The molecule has 8 heteroatoms. The average Bonchev–Trinajstić information content (AvgIpc) is 2.56. The zero-order valence-corrected chi connectivity index (χ0v) is 9.53. The van der Waals surface area contributed by atoms with E-state index in [-0.39, 0.29) is 0 Å². The zero-order valence-electron chi connectivity index (χ0n) is 7.12. The third kappa shape index (κ3) is 1.90. The molecule has 2 heterocycles. The molecule has 72 valence electrons. The molecule has 0 spiro atoms. The molecule has 0 aromatic carbocycles. The van der Waals surface area contributed by atoms with E-state index in [1.165, 1.54) is 18.1 Å². The Bertz CT molecular complexity index is 443. The van der Waals surface area contributed by atoms with E-state index in [1.54, 1.807) is 17.9 Å². The summed E-state index contributed by atoms with van der Waals surface area (Å²) in [6.45, 7) is 0. The molecule has 0 saturated carbocycles. The molecular weight excluding hydrogens is 268 g/mol. The lowest BCUT2D eigenvalue weighted by Crippen LogP contribution is -1.93. The predicted octanol–water partition coefficient (Wildman–Crippen LogP) is 0.914. The van der Waals surface area contributed by atoms with Crippen LogP contribution in [0.5, 0.6) is 0 Å². The first-order chi connectivity index (χ1) is 6.77. The minimum absolute atomic E-state index is 0.685. The number of hydrogen-bond acceptors (Lipinski definition) is 6. The maximum atomic E-state index is 4.09. The van der Waals surface area contributed by atoms with Crippen LogP contribution in [-0.4, -0.2) is 30.2 Å². The van der Waals surface area contributed by atoms with Gasteiger partial charge < -0.3 is 0 Å². The molecule has 2 rings (SSSR count). The first kappa shape index (κ1) is 9.53. The lowest BCUT2D eigenvalue weighted by molar-refractivity contribution is 0.664. The van der Waals surface area contributed by atoms with Gasteiger partial charge >= 0.3 is 0 Å². The van der Waals surface area contributed by atoms with Gasteiger partial charge in [-0.3, -0.25) is 0 Å². The van der Waals surface area contributed by atoms with Crippen LogP contribution in [0.1, 0.15) is 0 Å². The SMILES string of the molecule is Cn1nnnc1Sc1ncncc1Br. The van der Waals surface area contributed by atoms with Crippen molar-refractivity contribution >= 4 is 27.7 Å². The Balaban J connectivity index is 2.28. The Labute approximate surface area is 92.3 Å². The maximum Gasteiger partial charge on any atom is 0.215 e. The summed E-state index contributed by atoms with van der Waals surface area (Å²) in [4.78, 5) is 7.96. The summed E-state index contributed by atoms with van der Waals surface area (Å²) in [6.07, 6.45) is 3.16. The van der Waals surface area contributed by atoms with E-state index in [2.05, 4.69) is 41.4 Å². The lowest BCUT2D eigenvalue weighted by Gasteiger charge is -1.99. The van der Waals surface area contributed by atoms with Crippen molar-refractivity contribution in [1.82, 2.24) is 30.2 Å². The fourth-order valence-corrected chi connectivity index (χ4v) is 1.90. The third-order valence-electron chi connectivity index (χ3n) is 1.40. The molecule has 0 aliphatic carbocycles. The summed E-state index contributed by atoms with van der Waals surface area (Å²) >= 11 is 4.72. The second-order valence-corrected chi connectivity index (χ2v) is 4.17. The fourth-order valence-electron chi connectivity index (χ4n) is 0.771. The van der Waals surface area contributed by atoms with Crippen molar-refractivity contribution < 1.29 is 0 Å². The summed E-state index contributed by atoms with van der Waals surface area (Å²) in [6, 6.07) is 0. The van der Waals surface area contributed by atoms with E-state index in [4.69, 9.17) is 0 Å². The Kier molecular flexibility index (Phi) is 2.73. The van der Waals surface area contributed by atoms with Crippen LogP contribution < -0.4 is 0 Å². The third-order valence-corrected chi connectivity index (χ3v) is 3.29. The summed E-state index contributed by atoms with van der Waals surface area (Å²) in [5, 5.41) is 12.6. The Morgan fingerprint density at radius 1 is 1.50 bits per heavy atom. The predicted molar refractivity (Wildman–Crippen MR) is 52.7 cm³/mol. The molecular formula is C6H5BrN6S. The van der Waals surface area contributed by atoms with Crippen molar-refractivity contribution in [2.45, 2.75) is 10.2 Å². The summed E-state index contributed by atoms with van der Waals surface area (Å²) in [5.41, 5.74) is 0. The van der Waals surface area contributed by atoms with Gasteiger partial charge in [0.15, 0.2) is 0 Å². The molecule has 0 radical (unpaired) electrons. The molecule has 0 amide bonds. The molecule has 2 aromatic rings. The van der Waals surface area contributed by atoms with Crippen LogP contribution in [0.4, 0.5) is 0 Å². The molecule has 2 aromatic heterocycles. The Hall–Kier alpha value is -1.02. The average molecular weight is 273 g/mol. The van der Waals surface area contributed by atoms with Gasteiger partial charge in [0.25, 0.3) is 0 Å². The quantitative estimate of drug-likeness (QED) is 0.758. The van der Waals surface area contributed by atoms with Gasteiger partial charge in [0, 0.05) is 13.2 Å². The highest BCUT2D eigenvalue weighted by molar-refractivity contribution is 9.10. The molecule has 0 N–H and O–H groups in total. The van der Waals surface area contributed by atoms with Gasteiger partial charge in [0.1, 0.15) is 11.4 Å². The van der Waals surface area contributed by atoms with Crippen molar-refractivity contribution in [3.05, 3.63) is 17.0 Å². The van der Waals surface area contributed by atoms with Gasteiger partial charge in [-0.25, -0.2) is 14.6 Å². The minimum atomic E-state index is 0.685. The second-order valence-electron chi connectivity index (χ2n) is 2.36. The summed E-state index contributed by atoms with van der Waals surface area (Å²) < 4.78 is 2.41. The number of aryl methyl sites for hydroxylation is 1. The molecule has 14 heavy (non-hydrogen) atoms. The molecule has 0 aliphatic heterocycles. The standard InChI is InChI=1S/C6H5BrN6S/c1-13-6(10-11-12-13)14-5-4(7)2-8-3-9-5/h2-3H,1H3. The molecule has 0 atom stereocenters. The highest BCUT2D eigenvalue weighted by Gasteiger charge is 2.08. The van der Waals surface area contributed by atoms with Crippen molar-refractivity contribution in [3.8, 4) is 0 Å². The van der Waals surface area contributed by atoms with Gasteiger partial charge in [-0.05, 0) is 38.1 Å². The highest BCUT2D eigenvalue weighted by atomic mass is 79.9. The van der Waals surface area contributed by atoms with E-state index < -0.39 is 0 Å². The first-order valence-electron chi connectivity index (χ1n) is 3.63. The van der Waals surface area contributed by atoms with Gasteiger partial charge in [0.05, 0.1) is 4.47 Å². The van der Waals surface area contributed by atoms with E-state index >= 15 is 0 Å². The van der Waals surface area contributed by atoms with E-state index in [0.717, 1.165) is 9.50 Å². The topological polar surface area (TPSA) is 69.4 Å². The van der Waals surface area contributed by atoms with E-state index in [9.17, 15) is 0 Å². The number of hydrogen-bond donors (Lipinski definition) is 0. The minimum Gasteiger partial charge on any atom is -0.244 e. The monoisotopic (exact) mass is 272 g/mol. The molecule has 0 fully saturated rings. The van der Waals surface area contributed by atoms with E-state index in [1.807, 2.05) is 0 Å². The van der Waals surface area contributed by atoms with Gasteiger partial charge in [-0.15, -0.1) is 5.10 Å². The lowest BCUT2D eigenvalue weighted by atomic mass is 10.7. The van der Waals surface area contributed by atoms with Gasteiger partial charge in [-0.2, -0.15) is 0 Å². The molecule has 0 aliphatic rings. The van der Waals surface area contributed by atoms with Gasteiger partial charge in [-0.1, -0.05) is 0 Å². The number of nitrogens with zero attached hydrogens (tertiary/aromatic N) is 6. The number of tetrazole rings is 1. The maximum absolute atomic E-state index is 4.09. The van der Waals surface area contributed by atoms with Crippen molar-refractivity contribution in [2.24, 2.45) is 7.05 Å². The van der Waals surface area contributed by atoms with Crippen LogP contribution in [0, 0.1) is 0 Å². The van der Waals surface area contributed by atoms with Crippen molar-refractivity contribution in [3.63, 3.8) is 0 Å². The fraction of sp³-hybridized carbons (Fsp3) is 0.167. The van der Waals surface area contributed by atoms with Crippen LogP contribution in [0.15, 0.2) is 27.2 Å². The largest absolute Gasteiger partial charge is 0.244 e. The molecule has 6 nitrogen and oxygen atoms in total. The molecule has 0 saturated heterocycles. The van der Waals surface area contributed by atoms with Crippen LogP contribution in [0.25, 0.3) is 0 Å². The summed E-state index contributed by atoms with van der Waals surface area (Å²) in [7, 11) is 1.78. The summed E-state index contributed by atoms with van der Waals surface area (Å²) in [5.74, 6) is 0. The van der Waals surface area contributed by atoms with Gasteiger partial charge in [0.2, 0.25) is 5.16 Å². The number of halogens is 1. The normalized spacial score (nSPS) is 10.4. The van der Waals surface area contributed by atoms with Crippen LogP contribution in [-0.2, 0) is 7.05 Å². The molecule has 0 bridgehead atoms. The van der Waals surface area contributed by atoms with Crippen LogP contribution >= 0.6 is 27.7 Å². The Morgan fingerprint density at radius 2 is 2.36 bits per heavy atom. The highest BCUT2D eigenvalue weighted by Crippen LogP contribution is 2.28. The Morgan fingerprint density at radius 3 is 3.00 bits per heavy atom. The van der Waals surface area contributed by atoms with Crippen LogP contribution in [0.2, 0.25) is 0 Å². The second kappa shape index (κ2) is 4.01. The van der Waals surface area contributed by atoms with Crippen molar-refractivity contribution in [1.29, 1.82) is 0 Å². The first-order valence-corrected chi connectivity index (χ1v) is 5.24. The number of aromatic nitrogens is 6. The van der Waals surface area contributed by atoms with Crippen LogP contribution in [0.3, 0.4) is 0 Å². The zero-order chi connectivity index (χ0) is 9.97. The van der Waals surface area contributed by atoms with E-state index in [0.29, 0.717) is 5.16 Å². The molecule has 0 unspecified atom stereocenters.